The lowest BCUT2D eigenvalue weighted by molar-refractivity contribution is -0.139. The van der Waals surface area contributed by atoms with Crippen molar-refractivity contribution in [3.63, 3.8) is 0 Å². The zero-order valence-corrected chi connectivity index (χ0v) is 11.4. The van der Waals surface area contributed by atoms with E-state index in [4.69, 9.17) is 4.74 Å². The number of carbonyl (C=O) groups is 2. The predicted octanol–water partition coefficient (Wildman–Crippen LogP) is 0.426. The zero-order chi connectivity index (χ0) is 14.4. The molecule has 1 fully saturated rings. The summed E-state index contributed by atoms with van der Waals surface area (Å²) in [5, 5.41) is 2.50. The van der Waals surface area contributed by atoms with Crippen LogP contribution in [0.25, 0.3) is 0 Å². The van der Waals surface area contributed by atoms with Crippen LogP contribution in [-0.4, -0.2) is 51.8 Å². The summed E-state index contributed by atoms with van der Waals surface area (Å²) in [5.74, 6) is -0.757. The lowest BCUT2D eigenvalue weighted by Gasteiger charge is -2.28. The lowest BCUT2D eigenvalue weighted by Crippen LogP contribution is -2.36. The third kappa shape index (κ3) is 3.71. The van der Waals surface area contributed by atoms with E-state index in [1.807, 2.05) is 12.1 Å². The third-order valence-corrected chi connectivity index (χ3v) is 3.13. The number of anilines is 1. The summed E-state index contributed by atoms with van der Waals surface area (Å²) in [4.78, 5) is 25.0. The minimum absolute atomic E-state index is 0.124. The molecule has 1 amide bonds. The number of carbonyl (C=O) groups excluding carboxylic acids is 2. The Morgan fingerprint density at radius 2 is 1.90 bits per heavy atom. The van der Waals surface area contributed by atoms with Gasteiger partial charge in [-0.05, 0) is 24.3 Å². The first-order valence-corrected chi connectivity index (χ1v) is 6.48. The highest BCUT2D eigenvalue weighted by Crippen LogP contribution is 2.16. The van der Waals surface area contributed by atoms with Crippen LogP contribution in [0.3, 0.4) is 0 Å². The number of esters is 1. The Balaban J connectivity index is 1.93. The van der Waals surface area contributed by atoms with Gasteiger partial charge in [0.1, 0.15) is 6.54 Å². The standard InChI is InChI=1S/C14H18N2O4/c1-19-13(17)10-15-14(18)11-2-4-12(5-3-11)16-6-8-20-9-7-16/h2-5H,6-10H2,1H3,(H,15,18). The molecule has 0 atom stereocenters. The molecule has 2 rings (SSSR count). The second-order valence-electron chi connectivity index (χ2n) is 4.41. The van der Waals surface area contributed by atoms with Crippen LogP contribution < -0.4 is 10.2 Å². The Morgan fingerprint density at radius 3 is 2.50 bits per heavy atom. The molecule has 20 heavy (non-hydrogen) atoms. The molecule has 1 aromatic rings. The first-order chi connectivity index (χ1) is 9.70. The van der Waals surface area contributed by atoms with Crippen LogP contribution >= 0.6 is 0 Å². The van der Waals surface area contributed by atoms with E-state index in [0.717, 1.165) is 32.0 Å². The fourth-order valence-electron chi connectivity index (χ4n) is 1.97. The van der Waals surface area contributed by atoms with Crippen molar-refractivity contribution in [2.24, 2.45) is 0 Å². The highest BCUT2D eigenvalue weighted by atomic mass is 16.5. The Kier molecular flexibility index (Phi) is 4.95. The number of hydrogen-bond donors (Lipinski definition) is 1. The second-order valence-corrected chi connectivity index (χ2v) is 4.41. The molecule has 6 nitrogen and oxygen atoms in total. The lowest BCUT2D eigenvalue weighted by atomic mass is 10.1. The molecular formula is C14H18N2O4. The van der Waals surface area contributed by atoms with E-state index in [0.29, 0.717) is 5.56 Å². The number of nitrogens with zero attached hydrogens (tertiary/aromatic N) is 1. The normalized spacial score (nSPS) is 14.8. The fourth-order valence-corrected chi connectivity index (χ4v) is 1.97. The molecule has 1 aliphatic rings. The summed E-state index contributed by atoms with van der Waals surface area (Å²) in [6, 6.07) is 7.30. The second kappa shape index (κ2) is 6.91. The van der Waals surface area contributed by atoms with E-state index in [1.54, 1.807) is 12.1 Å². The summed E-state index contributed by atoms with van der Waals surface area (Å²) in [6.45, 7) is 3.03. The van der Waals surface area contributed by atoms with Crippen LogP contribution in [0.15, 0.2) is 24.3 Å². The van der Waals surface area contributed by atoms with Crippen LogP contribution in [0.4, 0.5) is 5.69 Å². The van der Waals surface area contributed by atoms with Gasteiger partial charge in [-0.1, -0.05) is 0 Å². The Hall–Kier alpha value is -2.08. The predicted molar refractivity (Wildman–Crippen MR) is 73.8 cm³/mol. The van der Waals surface area contributed by atoms with Crippen molar-refractivity contribution >= 4 is 17.6 Å². The molecule has 0 radical (unpaired) electrons. The minimum atomic E-state index is -0.469. The first kappa shape index (κ1) is 14.3. The van der Waals surface area contributed by atoms with Gasteiger partial charge in [0.05, 0.1) is 20.3 Å². The van der Waals surface area contributed by atoms with Gasteiger partial charge in [0.2, 0.25) is 0 Å². The molecule has 0 saturated carbocycles. The monoisotopic (exact) mass is 278 g/mol. The average Bonchev–Trinajstić information content (AvgIpc) is 2.53. The molecule has 0 aliphatic carbocycles. The van der Waals surface area contributed by atoms with Crippen LogP contribution in [-0.2, 0) is 14.3 Å². The van der Waals surface area contributed by atoms with Crippen molar-refractivity contribution < 1.29 is 19.1 Å². The highest BCUT2D eigenvalue weighted by molar-refractivity contribution is 5.96. The summed E-state index contributed by atoms with van der Waals surface area (Å²) in [5.41, 5.74) is 1.59. The SMILES string of the molecule is COC(=O)CNC(=O)c1ccc(N2CCOCC2)cc1. The van der Waals surface area contributed by atoms with E-state index in [-0.39, 0.29) is 12.5 Å². The zero-order valence-electron chi connectivity index (χ0n) is 11.4. The van der Waals surface area contributed by atoms with Gasteiger partial charge in [0.25, 0.3) is 5.91 Å². The first-order valence-electron chi connectivity index (χ1n) is 6.48. The molecule has 1 heterocycles. The van der Waals surface area contributed by atoms with Gasteiger partial charge in [-0.2, -0.15) is 0 Å². The van der Waals surface area contributed by atoms with E-state index in [2.05, 4.69) is 15.0 Å². The summed E-state index contributed by atoms with van der Waals surface area (Å²) in [7, 11) is 1.28. The quantitative estimate of drug-likeness (QED) is 0.809. The average molecular weight is 278 g/mol. The van der Waals surface area contributed by atoms with Gasteiger partial charge < -0.3 is 19.7 Å². The smallest absolute Gasteiger partial charge is 0.325 e. The van der Waals surface area contributed by atoms with Crippen molar-refractivity contribution in [2.45, 2.75) is 0 Å². The Labute approximate surface area is 117 Å². The Morgan fingerprint density at radius 1 is 1.25 bits per heavy atom. The van der Waals surface area contributed by atoms with Crippen molar-refractivity contribution in [2.75, 3.05) is 44.9 Å². The number of hydrogen-bond acceptors (Lipinski definition) is 5. The van der Waals surface area contributed by atoms with Crippen molar-refractivity contribution in [1.82, 2.24) is 5.32 Å². The van der Waals surface area contributed by atoms with Crippen molar-refractivity contribution in [3.05, 3.63) is 29.8 Å². The number of methoxy groups -OCH3 is 1. The van der Waals surface area contributed by atoms with E-state index < -0.39 is 5.97 Å². The maximum absolute atomic E-state index is 11.8. The number of amides is 1. The number of ether oxygens (including phenoxy) is 2. The van der Waals surface area contributed by atoms with Crippen LogP contribution in [0.5, 0.6) is 0 Å². The molecule has 108 valence electrons. The fraction of sp³-hybridized carbons (Fsp3) is 0.429. The topological polar surface area (TPSA) is 67.9 Å². The maximum atomic E-state index is 11.8. The van der Waals surface area contributed by atoms with Gasteiger partial charge in [-0.25, -0.2) is 0 Å². The molecular weight excluding hydrogens is 260 g/mol. The molecule has 0 aromatic heterocycles. The van der Waals surface area contributed by atoms with Gasteiger partial charge in [0.15, 0.2) is 0 Å². The summed E-state index contributed by atoms with van der Waals surface area (Å²) in [6.07, 6.45) is 0. The molecule has 1 aromatic carbocycles. The third-order valence-electron chi connectivity index (χ3n) is 3.13. The summed E-state index contributed by atoms with van der Waals surface area (Å²) >= 11 is 0. The van der Waals surface area contributed by atoms with E-state index in [1.165, 1.54) is 7.11 Å². The molecule has 1 N–H and O–H groups in total. The van der Waals surface area contributed by atoms with E-state index >= 15 is 0 Å². The molecule has 1 aliphatic heterocycles. The minimum Gasteiger partial charge on any atom is -0.468 e. The molecule has 0 spiro atoms. The Bertz CT molecular complexity index is 467. The number of nitrogens with one attached hydrogen (secondary N) is 1. The maximum Gasteiger partial charge on any atom is 0.325 e. The van der Waals surface area contributed by atoms with Crippen LogP contribution in [0.2, 0.25) is 0 Å². The largest absolute Gasteiger partial charge is 0.468 e. The molecule has 0 bridgehead atoms. The van der Waals surface area contributed by atoms with Crippen molar-refractivity contribution in [3.8, 4) is 0 Å². The highest BCUT2D eigenvalue weighted by Gasteiger charge is 2.12. The van der Waals surface area contributed by atoms with Crippen LogP contribution in [0.1, 0.15) is 10.4 Å². The number of benzene rings is 1. The number of rotatable bonds is 4. The molecule has 1 saturated heterocycles. The molecule has 6 heteroatoms. The van der Waals surface area contributed by atoms with Crippen molar-refractivity contribution in [1.29, 1.82) is 0 Å². The van der Waals surface area contributed by atoms with Gasteiger partial charge in [-0.3, -0.25) is 9.59 Å². The summed E-state index contributed by atoms with van der Waals surface area (Å²) < 4.78 is 9.76. The van der Waals surface area contributed by atoms with Gasteiger partial charge in [0, 0.05) is 24.3 Å². The number of morpholine rings is 1. The van der Waals surface area contributed by atoms with Crippen LogP contribution in [0, 0.1) is 0 Å². The van der Waals surface area contributed by atoms with Gasteiger partial charge >= 0.3 is 5.97 Å². The molecule has 0 unspecified atom stereocenters. The van der Waals surface area contributed by atoms with Gasteiger partial charge in [-0.15, -0.1) is 0 Å². The van der Waals surface area contributed by atoms with E-state index in [9.17, 15) is 9.59 Å².